The summed E-state index contributed by atoms with van der Waals surface area (Å²) in [7, 11) is 0. The summed E-state index contributed by atoms with van der Waals surface area (Å²) < 4.78 is 11.4. The molecule has 0 heterocycles. The van der Waals surface area contributed by atoms with Gasteiger partial charge in [-0.15, -0.1) is 0 Å². The third-order valence-electron chi connectivity index (χ3n) is 2.64. The third-order valence-corrected chi connectivity index (χ3v) is 2.96. The molecular formula is C16H15ClO3. The summed E-state index contributed by atoms with van der Waals surface area (Å²) in [5, 5.41) is 0.365. The summed E-state index contributed by atoms with van der Waals surface area (Å²) in [6.07, 6.45) is 1.64. The van der Waals surface area contributed by atoms with E-state index in [1.807, 2.05) is 31.2 Å². The van der Waals surface area contributed by atoms with Crippen LogP contribution in [0.4, 0.5) is 0 Å². The van der Waals surface area contributed by atoms with Crippen LogP contribution in [0.15, 0.2) is 42.5 Å². The second kappa shape index (κ2) is 6.96. The Balaban J connectivity index is 2.21. The quantitative estimate of drug-likeness (QED) is 0.721. The molecule has 0 bridgehead atoms. The summed E-state index contributed by atoms with van der Waals surface area (Å²) in [6, 6.07) is 12.4. The van der Waals surface area contributed by atoms with E-state index in [1.54, 1.807) is 18.2 Å². The second-order valence-corrected chi connectivity index (χ2v) is 4.61. The van der Waals surface area contributed by atoms with Crippen LogP contribution in [0.25, 0.3) is 0 Å². The van der Waals surface area contributed by atoms with Crippen LogP contribution in [0.3, 0.4) is 0 Å². The Morgan fingerprint density at radius 2 is 1.90 bits per heavy atom. The zero-order valence-corrected chi connectivity index (χ0v) is 11.9. The first-order valence-electron chi connectivity index (χ1n) is 6.39. The normalized spacial score (nSPS) is 10.1. The Hall–Kier alpha value is -2.00. The molecule has 2 aromatic carbocycles. The zero-order valence-electron chi connectivity index (χ0n) is 11.1. The molecular weight excluding hydrogens is 276 g/mol. The van der Waals surface area contributed by atoms with E-state index in [-0.39, 0.29) is 0 Å². The van der Waals surface area contributed by atoms with Crippen molar-refractivity contribution < 1.29 is 14.3 Å². The maximum Gasteiger partial charge on any atom is 0.169 e. The van der Waals surface area contributed by atoms with Gasteiger partial charge in [0.2, 0.25) is 0 Å². The molecule has 3 nitrogen and oxygen atoms in total. The average Bonchev–Trinajstić information content (AvgIpc) is 2.46. The Bertz CT molecular complexity index is 596. The molecule has 4 heteroatoms. The maximum absolute atomic E-state index is 10.7. The molecule has 0 spiro atoms. The molecule has 0 saturated carbocycles. The van der Waals surface area contributed by atoms with Crippen LogP contribution < -0.4 is 9.47 Å². The van der Waals surface area contributed by atoms with Crippen LogP contribution in [-0.4, -0.2) is 12.9 Å². The highest BCUT2D eigenvalue weighted by Crippen LogP contribution is 2.32. The number of ether oxygens (including phenoxy) is 2. The third kappa shape index (κ3) is 3.52. The molecule has 0 saturated heterocycles. The summed E-state index contributed by atoms with van der Waals surface area (Å²) >= 11 is 5.98. The van der Waals surface area contributed by atoms with Gasteiger partial charge in [0.1, 0.15) is 5.75 Å². The monoisotopic (exact) mass is 290 g/mol. The van der Waals surface area contributed by atoms with Crippen molar-refractivity contribution in [1.82, 2.24) is 0 Å². The van der Waals surface area contributed by atoms with Crippen molar-refractivity contribution >= 4 is 17.9 Å². The van der Waals surface area contributed by atoms with Gasteiger partial charge in [0, 0.05) is 11.6 Å². The lowest BCUT2D eigenvalue weighted by atomic mass is 10.2. The first-order valence-corrected chi connectivity index (χ1v) is 6.76. The van der Waals surface area contributed by atoms with Crippen LogP contribution in [0.5, 0.6) is 17.2 Å². The van der Waals surface area contributed by atoms with Crippen LogP contribution >= 0.6 is 11.6 Å². The standard InChI is InChI=1S/C16H15ClO3/c1-2-9-19-15-5-3-4-6-16(15)20-13-8-7-12(11-18)14(17)10-13/h3-8,10-11H,2,9H2,1H3. The van der Waals surface area contributed by atoms with E-state index in [1.165, 1.54) is 0 Å². The Kier molecular flexibility index (Phi) is 5.02. The van der Waals surface area contributed by atoms with Crippen molar-refractivity contribution in [3.63, 3.8) is 0 Å². The van der Waals surface area contributed by atoms with Gasteiger partial charge in [0.15, 0.2) is 17.8 Å². The molecule has 0 fully saturated rings. The Morgan fingerprint density at radius 1 is 1.15 bits per heavy atom. The fourth-order valence-electron chi connectivity index (χ4n) is 1.66. The summed E-state index contributed by atoms with van der Waals surface area (Å²) in [5.41, 5.74) is 0.439. The number of benzene rings is 2. The molecule has 0 N–H and O–H groups in total. The molecule has 2 rings (SSSR count). The van der Waals surface area contributed by atoms with Crippen LogP contribution in [-0.2, 0) is 0 Å². The van der Waals surface area contributed by atoms with E-state index in [0.717, 1.165) is 6.42 Å². The first-order chi connectivity index (χ1) is 9.74. The molecule has 0 unspecified atom stereocenters. The molecule has 0 aliphatic rings. The van der Waals surface area contributed by atoms with Crippen molar-refractivity contribution in [3.05, 3.63) is 53.1 Å². The van der Waals surface area contributed by atoms with Gasteiger partial charge in [0.25, 0.3) is 0 Å². The van der Waals surface area contributed by atoms with E-state index in [0.29, 0.717) is 40.7 Å². The van der Waals surface area contributed by atoms with Gasteiger partial charge in [-0.2, -0.15) is 0 Å². The molecule has 0 radical (unpaired) electrons. The van der Waals surface area contributed by atoms with Crippen LogP contribution in [0.2, 0.25) is 5.02 Å². The lowest BCUT2D eigenvalue weighted by Gasteiger charge is -2.12. The number of aldehydes is 1. The molecule has 0 atom stereocenters. The summed E-state index contributed by atoms with van der Waals surface area (Å²) in [4.78, 5) is 10.7. The number of rotatable bonds is 6. The lowest BCUT2D eigenvalue weighted by Crippen LogP contribution is -1.97. The van der Waals surface area contributed by atoms with Gasteiger partial charge in [-0.05, 0) is 30.7 Å². The van der Waals surface area contributed by atoms with Crippen molar-refractivity contribution in [2.24, 2.45) is 0 Å². The topological polar surface area (TPSA) is 35.5 Å². The predicted octanol–water partition coefficient (Wildman–Crippen LogP) is 4.73. The highest BCUT2D eigenvalue weighted by Gasteiger charge is 2.07. The molecule has 0 aliphatic heterocycles. The van der Waals surface area contributed by atoms with Gasteiger partial charge in [-0.1, -0.05) is 30.7 Å². The number of carbonyl (C=O) groups is 1. The van der Waals surface area contributed by atoms with Crippen molar-refractivity contribution in [2.45, 2.75) is 13.3 Å². The molecule has 0 aliphatic carbocycles. The molecule has 104 valence electrons. The molecule has 2 aromatic rings. The van der Waals surface area contributed by atoms with E-state index >= 15 is 0 Å². The number of para-hydroxylation sites is 2. The van der Waals surface area contributed by atoms with Crippen molar-refractivity contribution in [3.8, 4) is 17.2 Å². The Morgan fingerprint density at radius 3 is 2.55 bits per heavy atom. The van der Waals surface area contributed by atoms with Gasteiger partial charge < -0.3 is 9.47 Å². The average molecular weight is 291 g/mol. The highest BCUT2D eigenvalue weighted by molar-refractivity contribution is 6.33. The van der Waals surface area contributed by atoms with E-state index in [9.17, 15) is 4.79 Å². The minimum Gasteiger partial charge on any atom is -0.490 e. The van der Waals surface area contributed by atoms with Crippen LogP contribution in [0.1, 0.15) is 23.7 Å². The molecule has 0 aromatic heterocycles. The smallest absolute Gasteiger partial charge is 0.169 e. The SMILES string of the molecule is CCCOc1ccccc1Oc1ccc(C=O)c(Cl)c1. The molecule has 20 heavy (non-hydrogen) atoms. The predicted molar refractivity (Wildman–Crippen MR) is 79.1 cm³/mol. The van der Waals surface area contributed by atoms with E-state index in [2.05, 4.69) is 0 Å². The van der Waals surface area contributed by atoms with Gasteiger partial charge in [0.05, 0.1) is 11.6 Å². The first kappa shape index (κ1) is 14.4. The van der Waals surface area contributed by atoms with Gasteiger partial charge >= 0.3 is 0 Å². The minimum atomic E-state index is 0.365. The van der Waals surface area contributed by atoms with Gasteiger partial charge in [-0.3, -0.25) is 4.79 Å². The lowest BCUT2D eigenvalue weighted by molar-refractivity contribution is 0.112. The number of halogens is 1. The zero-order chi connectivity index (χ0) is 14.4. The van der Waals surface area contributed by atoms with Gasteiger partial charge in [-0.25, -0.2) is 0 Å². The second-order valence-electron chi connectivity index (χ2n) is 4.20. The Labute approximate surface area is 123 Å². The number of hydrogen-bond donors (Lipinski definition) is 0. The fourth-order valence-corrected chi connectivity index (χ4v) is 1.87. The highest BCUT2D eigenvalue weighted by atomic mass is 35.5. The summed E-state index contributed by atoms with van der Waals surface area (Å²) in [5.74, 6) is 1.87. The largest absolute Gasteiger partial charge is 0.490 e. The van der Waals surface area contributed by atoms with E-state index < -0.39 is 0 Å². The minimum absolute atomic E-state index is 0.365. The number of carbonyl (C=O) groups excluding carboxylic acids is 1. The van der Waals surface area contributed by atoms with E-state index in [4.69, 9.17) is 21.1 Å². The van der Waals surface area contributed by atoms with Crippen molar-refractivity contribution in [2.75, 3.05) is 6.61 Å². The summed E-state index contributed by atoms with van der Waals surface area (Å²) in [6.45, 7) is 2.67. The fraction of sp³-hybridized carbons (Fsp3) is 0.188. The maximum atomic E-state index is 10.7. The van der Waals surface area contributed by atoms with Crippen LogP contribution in [0, 0.1) is 0 Å². The molecule has 0 amide bonds. The van der Waals surface area contributed by atoms with Crippen molar-refractivity contribution in [1.29, 1.82) is 0 Å². The number of hydrogen-bond acceptors (Lipinski definition) is 3.